The van der Waals surface area contributed by atoms with Gasteiger partial charge in [-0.3, -0.25) is 4.79 Å². The summed E-state index contributed by atoms with van der Waals surface area (Å²) in [5, 5.41) is 8.80. The highest BCUT2D eigenvalue weighted by Gasteiger charge is 2.17. The molecule has 3 N–H and O–H groups in total. The summed E-state index contributed by atoms with van der Waals surface area (Å²) in [6.07, 6.45) is 1.89. The minimum atomic E-state index is -1.02. The molecule has 0 saturated carbocycles. The summed E-state index contributed by atoms with van der Waals surface area (Å²) >= 11 is 4.77. The standard InChI is InChI=1S/C9H10BrNO2S/c1-14-7-3-2-5(10)4-6(7)8(11)9(12)13/h2-4,8H,11H2,1H3,(H,12,13). The third-order valence-electron chi connectivity index (χ3n) is 1.79. The summed E-state index contributed by atoms with van der Waals surface area (Å²) in [4.78, 5) is 11.6. The number of thioether (sulfide) groups is 1. The summed E-state index contributed by atoms with van der Waals surface area (Å²) in [6.45, 7) is 0. The molecule has 1 unspecified atom stereocenters. The van der Waals surface area contributed by atoms with Gasteiger partial charge in [0.2, 0.25) is 0 Å². The highest BCUT2D eigenvalue weighted by atomic mass is 79.9. The monoisotopic (exact) mass is 275 g/mol. The lowest BCUT2D eigenvalue weighted by molar-refractivity contribution is -0.138. The van der Waals surface area contributed by atoms with Crippen molar-refractivity contribution in [2.45, 2.75) is 10.9 Å². The maximum Gasteiger partial charge on any atom is 0.325 e. The third kappa shape index (κ3) is 2.50. The molecule has 1 atom stereocenters. The molecule has 5 heteroatoms. The second kappa shape index (κ2) is 4.82. The minimum Gasteiger partial charge on any atom is -0.480 e. The Labute approximate surface area is 94.8 Å². The number of hydrogen-bond acceptors (Lipinski definition) is 3. The van der Waals surface area contributed by atoms with E-state index in [1.165, 1.54) is 11.8 Å². The van der Waals surface area contributed by atoms with E-state index in [0.717, 1.165) is 9.37 Å². The molecule has 1 aromatic rings. The highest BCUT2D eigenvalue weighted by molar-refractivity contribution is 9.10. The van der Waals surface area contributed by atoms with Crippen LogP contribution in [0.2, 0.25) is 0 Å². The van der Waals surface area contributed by atoms with Crippen molar-refractivity contribution < 1.29 is 9.90 Å². The van der Waals surface area contributed by atoms with E-state index in [2.05, 4.69) is 15.9 Å². The second-order valence-electron chi connectivity index (χ2n) is 2.70. The van der Waals surface area contributed by atoms with Crippen LogP contribution in [0.4, 0.5) is 0 Å². The Morgan fingerprint density at radius 3 is 2.79 bits per heavy atom. The summed E-state index contributed by atoms with van der Waals surface area (Å²) < 4.78 is 0.835. The van der Waals surface area contributed by atoms with Gasteiger partial charge in [0.25, 0.3) is 0 Å². The van der Waals surface area contributed by atoms with Crippen LogP contribution in [0.3, 0.4) is 0 Å². The van der Waals surface area contributed by atoms with Gasteiger partial charge in [-0.2, -0.15) is 0 Å². The summed E-state index contributed by atoms with van der Waals surface area (Å²) in [5.74, 6) is -1.02. The molecule has 0 bridgehead atoms. The second-order valence-corrected chi connectivity index (χ2v) is 4.47. The van der Waals surface area contributed by atoms with Crippen LogP contribution in [-0.2, 0) is 4.79 Å². The molecule has 0 heterocycles. The predicted octanol–water partition coefficient (Wildman–Crippen LogP) is 2.26. The van der Waals surface area contributed by atoms with Crippen LogP contribution >= 0.6 is 27.7 Å². The van der Waals surface area contributed by atoms with Gasteiger partial charge in [-0.05, 0) is 30.0 Å². The van der Waals surface area contributed by atoms with Gasteiger partial charge in [-0.1, -0.05) is 15.9 Å². The number of carboxylic acid groups (broad SMARTS) is 1. The van der Waals surface area contributed by atoms with Crippen LogP contribution < -0.4 is 5.73 Å². The lowest BCUT2D eigenvalue weighted by Gasteiger charge is -2.11. The van der Waals surface area contributed by atoms with Gasteiger partial charge in [-0.25, -0.2) is 0 Å². The van der Waals surface area contributed by atoms with Crippen LogP contribution in [-0.4, -0.2) is 17.3 Å². The van der Waals surface area contributed by atoms with Crippen LogP contribution in [0.15, 0.2) is 27.6 Å². The molecule has 3 nitrogen and oxygen atoms in total. The number of benzene rings is 1. The van der Waals surface area contributed by atoms with E-state index in [4.69, 9.17) is 10.8 Å². The van der Waals surface area contributed by atoms with E-state index >= 15 is 0 Å². The van der Waals surface area contributed by atoms with E-state index in [1.807, 2.05) is 18.4 Å². The number of aliphatic carboxylic acids is 1. The van der Waals surface area contributed by atoms with Gasteiger partial charge in [0.15, 0.2) is 0 Å². The first-order valence-corrected chi connectivity index (χ1v) is 5.90. The fraction of sp³-hybridized carbons (Fsp3) is 0.222. The molecule has 0 amide bonds. The molecule has 0 aromatic heterocycles. The van der Waals surface area contributed by atoms with E-state index in [9.17, 15) is 4.79 Å². The Hall–Kier alpha value is -0.520. The fourth-order valence-electron chi connectivity index (χ4n) is 1.08. The van der Waals surface area contributed by atoms with E-state index in [-0.39, 0.29) is 0 Å². The van der Waals surface area contributed by atoms with Gasteiger partial charge in [-0.15, -0.1) is 11.8 Å². The lowest BCUT2D eigenvalue weighted by Crippen LogP contribution is -2.21. The topological polar surface area (TPSA) is 63.3 Å². The summed E-state index contributed by atoms with van der Waals surface area (Å²) in [7, 11) is 0. The zero-order chi connectivity index (χ0) is 10.7. The molecule has 0 fully saturated rings. The van der Waals surface area contributed by atoms with E-state index < -0.39 is 12.0 Å². The maximum absolute atomic E-state index is 10.7. The molecule has 1 rings (SSSR count). The van der Waals surface area contributed by atoms with Crippen molar-refractivity contribution in [2.75, 3.05) is 6.26 Å². The minimum absolute atomic E-state index is 0.638. The Balaban J connectivity index is 3.16. The van der Waals surface area contributed by atoms with Crippen molar-refractivity contribution in [3.8, 4) is 0 Å². The average Bonchev–Trinajstić information content (AvgIpc) is 2.16. The molecule has 0 aliphatic rings. The number of hydrogen-bond donors (Lipinski definition) is 2. The molecule has 1 aromatic carbocycles. The number of nitrogens with two attached hydrogens (primary N) is 1. The van der Waals surface area contributed by atoms with Crippen molar-refractivity contribution in [1.82, 2.24) is 0 Å². The molecule has 76 valence electrons. The first-order chi connectivity index (χ1) is 6.56. The Morgan fingerprint density at radius 1 is 1.64 bits per heavy atom. The smallest absolute Gasteiger partial charge is 0.325 e. The van der Waals surface area contributed by atoms with Crippen molar-refractivity contribution in [2.24, 2.45) is 5.73 Å². The van der Waals surface area contributed by atoms with Crippen LogP contribution in [0.5, 0.6) is 0 Å². The molecule has 0 saturated heterocycles. The quantitative estimate of drug-likeness (QED) is 0.831. The largest absolute Gasteiger partial charge is 0.480 e. The first-order valence-electron chi connectivity index (χ1n) is 3.88. The fourth-order valence-corrected chi connectivity index (χ4v) is 2.09. The van der Waals surface area contributed by atoms with Crippen LogP contribution in [0.1, 0.15) is 11.6 Å². The van der Waals surface area contributed by atoms with E-state index in [1.54, 1.807) is 6.07 Å². The lowest BCUT2D eigenvalue weighted by atomic mass is 10.1. The molecular weight excluding hydrogens is 266 g/mol. The Kier molecular flexibility index (Phi) is 3.97. The maximum atomic E-state index is 10.7. The number of carbonyl (C=O) groups is 1. The van der Waals surface area contributed by atoms with E-state index in [0.29, 0.717) is 5.56 Å². The SMILES string of the molecule is CSc1ccc(Br)cc1C(N)C(=O)O. The van der Waals surface area contributed by atoms with Crippen molar-refractivity contribution >= 4 is 33.7 Å². The molecular formula is C9H10BrNO2S. The number of carboxylic acids is 1. The predicted molar refractivity (Wildman–Crippen MR) is 60.5 cm³/mol. The Morgan fingerprint density at radius 2 is 2.29 bits per heavy atom. The van der Waals surface area contributed by atoms with Gasteiger partial charge in [0.1, 0.15) is 6.04 Å². The van der Waals surface area contributed by atoms with Gasteiger partial charge < -0.3 is 10.8 Å². The van der Waals surface area contributed by atoms with Crippen molar-refractivity contribution in [3.63, 3.8) is 0 Å². The number of rotatable bonds is 3. The zero-order valence-corrected chi connectivity index (χ0v) is 9.93. The van der Waals surface area contributed by atoms with Crippen molar-refractivity contribution in [3.05, 3.63) is 28.2 Å². The molecule has 14 heavy (non-hydrogen) atoms. The van der Waals surface area contributed by atoms with Crippen LogP contribution in [0.25, 0.3) is 0 Å². The molecule has 0 spiro atoms. The normalized spacial score (nSPS) is 12.5. The van der Waals surface area contributed by atoms with Gasteiger partial charge >= 0.3 is 5.97 Å². The third-order valence-corrected chi connectivity index (χ3v) is 3.10. The number of halogens is 1. The summed E-state index contributed by atoms with van der Waals surface area (Å²) in [6, 6.07) is 4.50. The molecule has 0 aliphatic heterocycles. The zero-order valence-electron chi connectivity index (χ0n) is 7.53. The molecule has 0 aliphatic carbocycles. The van der Waals surface area contributed by atoms with Gasteiger partial charge in [0, 0.05) is 9.37 Å². The van der Waals surface area contributed by atoms with Crippen molar-refractivity contribution in [1.29, 1.82) is 0 Å². The first kappa shape index (κ1) is 11.6. The highest BCUT2D eigenvalue weighted by Crippen LogP contribution is 2.28. The Bertz CT molecular complexity index is 357. The molecule has 0 radical (unpaired) electrons. The van der Waals surface area contributed by atoms with Gasteiger partial charge in [0.05, 0.1) is 0 Å². The van der Waals surface area contributed by atoms with Crippen LogP contribution in [0, 0.1) is 0 Å². The average molecular weight is 276 g/mol. The summed E-state index contributed by atoms with van der Waals surface area (Å²) in [5.41, 5.74) is 6.19.